The average molecular weight is 434 g/mol. The zero-order valence-corrected chi connectivity index (χ0v) is 18.7. The van der Waals surface area contributed by atoms with Crippen molar-refractivity contribution in [1.29, 1.82) is 0 Å². The smallest absolute Gasteiger partial charge is 0.178 e. The monoisotopic (exact) mass is 433 g/mol. The fourth-order valence-electron chi connectivity index (χ4n) is 4.36. The molecular formula is C23H27N7S. The van der Waals surface area contributed by atoms with Crippen LogP contribution in [0.3, 0.4) is 0 Å². The molecule has 1 fully saturated rings. The number of H-pyrrole nitrogens is 1. The molecule has 1 saturated heterocycles. The lowest BCUT2D eigenvalue weighted by Gasteiger charge is -2.35. The van der Waals surface area contributed by atoms with E-state index in [0.29, 0.717) is 6.54 Å². The van der Waals surface area contributed by atoms with Crippen LogP contribution in [0.4, 0.5) is 11.5 Å². The quantitative estimate of drug-likeness (QED) is 0.464. The van der Waals surface area contributed by atoms with Gasteiger partial charge >= 0.3 is 0 Å². The molecule has 0 unspecified atom stereocenters. The van der Waals surface area contributed by atoms with E-state index in [-0.39, 0.29) is 0 Å². The molecule has 160 valence electrons. The van der Waals surface area contributed by atoms with E-state index in [2.05, 4.69) is 85.0 Å². The first kappa shape index (κ1) is 20.0. The van der Waals surface area contributed by atoms with E-state index in [0.717, 1.165) is 65.2 Å². The molecule has 31 heavy (non-hydrogen) atoms. The third kappa shape index (κ3) is 3.77. The molecule has 1 aliphatic heterocycles. The second kappa shape index (κ2) is 8.28. The molecule has 0 amide bonds. The van der Waals surface area contributed by atoms with Crippen LogP contribution in [0.15, 0.2) is 42.7 Å². The van der Waals surface area contributed by atoms with Crippen molar-refractivity contribution in [3.05, 3.63) is 53.1 Å². The summed E-state index contributed by atoms with van der Waals surface area (Å²) in [5.74, 6) is 0.837. The van der Waals surface area contributed by atoms with Gasteiger partial charge in [0.1, 0.15) is 12.1 Å². The van der Waals surface area contributed by atoms with Crippen molar-refractivity contribution in [3.63, 3.8) is 0 Å². The molecule has 3 heterocycles. The minimum Gasteiger partial charge on any atom is -0.369 e. The first-order chi connectivity index (χ1) is 15.1. The Labute approximate surface area is 186 Å². The van der Waals surface area contributed by atoms with E-state index in [1.807, 2.05) is 0 Å². The van der Waals surface area contributed by atoms with Crippen LogP contribution in [0.25, 0.3) is 21.9 Å². The van der Waals surface area contributed by atoms with Gasteiger partial charge in [-0.25, -0.2) is 9.97 Å². The van der Waals surface area contributed by atoms with Crippen molar-refractivity contribution >= 4 is 45.7 Å². The highest BCUT2D eigenvalue weighted by Crippen LogP contribution is 2.27. The summed E-state index contributed by atoms with van der Waals surface area (Å²) in [5, 5.41) is 4.55. The van der Waals surface area contributed by atoms with Gasteiger partial charge in [0, 0.05) is 50.3 Å². The van der Waals surface area contributed by atoms with E-state index in [1.165, 1.54) is 11.3 Å². The number of rotatable bonds is 5. The SMILES string of the molecule is CCn1c(=S)[nH]c2cc3c(NCc4ccccc4N4CCN(C)CC4)ncnc3cc21. The predicted molar refractivity (Wildman–Crippen MR) is 129 cm³/mol. The largest absolute Gasteiger partial charge is 0.369 e. The van der Waals surface area contributed by atoms with Crippen molar-refractivity contribution in [2.75, 3.05) is 43.4 Å². The molecule has 0 saturated carbocycles. The standard InChI is InChI=1S/C23H27N7S/c1-3-30-21-13-18-17(12-19(21)27-23(30)31)22(26-15-25-18)24-14-16-6-4-5-7-20(16)29-10-8-28(2)9-11-29/h4-7,12-13,15H,3,8-11,14H2,1-2H3,(H,27,31)(H,24,25,26). The fraction of sp³-hybridized carbons (Fsp3) is 0.348. The Hall–Kier alpha value is -2.97. The second-order valence-corrected chi connectivity index (χ2v) is 8.44. The molecule has 0 bridgehead atoms. The Morgan fingerprint density at radius 2 is 1.90 bits per heavy atom. The molecule has 0 radical (unpaired) electrons. The Morgan fingerprint density at radius 3 is 2.71 bits per heavy atom. The molecule has 5 rings (SSSR count). The van der Waals surface area contributed by atoms with Crippen LogP contribution in [-0.4, -0.2) is 57.6 Å². The van der Waals surface area contributed by atoms with E-state index >= 15 is 0 Å². The number of hydrogen-bond donors (Lipinski definition) is 2. The molecule has 0 atom stereocenters. The van der Waals surface area contributed by atoms with Gasteiger partial charge in [0.05, 0.1) is 16.6 Å². The minimum absolute atomic E-state index is 0.707. The van der Waals surface area contributed by atoms with Crippen LogP contribution in [0, 0.1) is 4.77 Å². The van der Waals surface area contributed by atoms with Gasteiger partial charge in [-0.05, 0) is 50.0 Å². The molecule has 7 nitrogen and oxygen atoms in total. The van der Waals surface area contributed by atoms with Crippen LogP contribution in [0.1, 0.15) is 12.5 Å². The molecule has 2 N–H and O–H groups in total. The highest BCUT2D eigenvalue weighted by Gasteiger charge is 2.17. The lowest BCUT2D eigenvalue weighted by molar-refractivity contribution is 0.312. The molecule has 8 heteroatoms. The molecule has 2 aromatic heterocycles. The van der Waals surface area contributed by atoms with Crippen LogP contribution in [0.5, 0.6) is 0 Å². The number of anilines is 2. The maximum atomic E-state index is 5.47. The van der Waals surface area contributed by atoms with Gasteiger partial charge in [-0.15, -0.1) is 0 Å². The summed E-state index contributed by atoms with van der Waals surface area (Å²) in [6.07, 6.45) is 1.63. The van der Waals surface area contributed by atoms with Crippen molar-refractivity contribution in [2.45, 2.75) is 20.0 Å². The summed E-state index contributed by atoms with van der Waals surface area (Å²) in [4.78, 5) is 17.2. The summed E-state index contributed by atoms with van der Waals surface area (Å²) < 4.78 is 2.82. The summed E-state index contributed by atoms with van der Waals surface area (Å²) in [5.41, 5.74) is 5.57. The Bertz CT molecular complexity index is 1280. The number of imidazole rings is 1. The van der Waals surface area contributed by atoms with Gasteiger partial charge in [0.2, 0.25) is 0 Å². The Balaban J connectivity index is 1.45. The van der Waals surface area contributed by atoms with Crippen LogP contribution >= 0.6 is 12.2 Å². The molecule has 1 aliphatic rings. The predicted octanol–water partition coefficient (Wildman–Crippen LogP) is 4.03. The zero-order chi connectivity index (χ0) is 21.4. The highest BCUT2D eigenvalue weighted by molar-refractivity contribution is 7.71. The third-order valence-electron chi connectivity index (χ3n) is 6.13. The number of hydrogen-bond acceptors (Lipinski definition) is 6. The van der Waals surface area contributed by atoms with Gasteiger partial charge < -0.3 is 24.7 Å². The van der Waals surface area contributed by atoms with Crippen molar-refractivity contribution in [3.8, 4) is 0 Å². The summed E-state index contributed by atoms with van der Waals surface area (Å²) in [7, 11) is 2.18. The Morgan fingerprint density at radius 1 is 1.10 bits per heavy atom. The number of piperazine rings is 1. The fourth-order valence-corrected chi connectivity index (χ4v) is 4.69. The minimum atomic E-state index is 0.707. The maximum Gasteiger partial charge on any atom is 0.178 e. The number of nitrogens with zero attached hydrogens (tertiary/aromatic N) is 5. The van der Waals surface area contributed by atoms with Crippen molar-refractivity contribution in [2.24, 2.45) is 0 Å². The number of aryl methyl sites for hydroxylation is 1. The number of aromatic amines is 1. The van der Waals surface area contributed by atoms with Gasteiger partial charge in [-0.3, -0.25) is 0 Å². The maximum absolute atomic E-state index is 5.47. The molecular weight excluding hydrogens is 406 g/mol. The second-order valence-electron chi connectivity index (χ2n) is 8.06. The first-order valence-electron chi connectivity index (χ1n) is 10.8. The molecule has 2 aromatic carbocycles. The van der Waals surface area contributed by atoms with E-state index in [9.17, 15) is 0 Å². The highest BCUT2D eigenvalue weighted by atomic mass is 32.1. The van der Waals surface area contributed by atoms with Gasteiger partial charge in [0.25, 0.3) is 0 Å². The topological polar surface area (TPSA) is 65.0 Å². The number of fused-ring (bicyclic) bond motifs is 2. The Kier molecular flexibility index (Phi) is 5.33. The van der Waals surface area contributed by atoms with Gasteiger partial charge in [-0.2, -0.15) is 0 Å². The summed E-state index contributed by atoms with van der Waals surface area (Å²) in [6, 6.07) is 12.8. The van der Waals surface area contributed by atoms with Crippen LogP contribution in [0.2, 0.25) is 0 Å². The summed E-state index contributed by atoms with van der Waals surface area (Å²) >= 11 is 5.47. The molecule has 0 aliphatic carbocycles. The number of benzene rings is 2. The van der Waals surface area contributed by atoms with E-state index in [1.54, 1.807) is 6.33 Å². The molecule has 4 aromatic rings. The van der Waals surface area contributed by atoms with Crippen molar-refractivity contribution < 1.29 is 0 Å². The summed E-state index contributed by atoms with van der Waals surface area (Å²) in [6.45, 7) is 7.91. The van der Waals surface area contributed by atoms with Gasteiger partial charge in [0.15, 0.2) is 4.77 Å². The lowest BCUT2D eigenvalue weighted by Crippen LogP contribution is -2.44. The van der Waals surface area contributed by atoms with E-state index in [4.69, 9.17) is 12.2 Å². The zero-order valence-electron chi connectivity index (χ0n) is 17.9. The van der Waals surface area contributed by atoms with Crippen LogP contribution in [-0.2, 0) is 13.1 Å². The number of aromatic nitrogens is 4. The van der Waals surface area contributed by atoms with Gasteiger partial charge in [-0.1, -0.05) is 18.2 Å². The van der Waals surface area contributed by atoms with Crippen LogP contribution < -0.4 is 10.2 Å². The first-order valence-corrected chi connectivity index (χ1v) is 11.2. The number of nitrogens with one attached hydrogen (secondary N) is 2. The number of likely N-dealkylation sites (N-methyl/N-ethyl adjacent to an activating group) is 1. The molecule has 0 spiro atoms. The third-order valence-corrected chi connectivity index (χ3v) is 6.45. The van der Waals surface area contributed by atoms with Crippen molar-refractivity contribution in [1.82, 2.24) is 24.4 Å². The number of para-hydroxylation sites is 1. The lowest BCUT2D eigenvalue weighted by atomic mass is 10.1. The normalized spacial score (nSPS) is 15.1. The average Bonchev–Trinajstić information content (AvgIpc) is 3.10. The van der Waals surface area contributed by atoms with E-state index < -0.39 is 0 Å².